The van der Waals surface area contributed by atoms with E-state index in [1.807, 2.05) is 0 Å². The minimum absolute atomic E-state index is 1.11. The summed E-state index contributed by atoms with van der Waals surface area (Å²) < 4.78 is 0. The molecule has 2 aliphatic carbocycles. The number of allylic oxidation sites excluding steroid dienone is 1. The van der Waals surface area contributed by atoms with Crippen molar-refractivity contribution < 1.29 is 0 Å². The van der Waals surface area contributed by atoms with Crippen molar-refractivity contribution in [3.63, 3.8) is 0 Å². The van der Waals surface area contributed by atoms with Crippen LogP contribution < -0.4 is 0 Å². The predicted octanol–water partition coefficient (Wildman–Crippen LogP) is 6.47. The van der Waals surface area contributed by atoms with Gasteiger partial charge in [-0.1, -0.05) is 72.3 Å². The zero-order valence-corrected chi connectivity index (χ0v) is 14.7. The molecule has 0 nitrogen and oxygen atoms in total. The molecule has 0 bridgehead atoms. The number of benzene rings is 3. The Bertz CT molecular complexity index is 990. The van der Waals surface area contributed by atoms with Crippen molar-refractivity contribution in [3.8, 4) is 22.3 Å². The number of hydrogen-bond acceptors (Lipinski definition) is 0. The van der Waals surface area contributed by atoms with Crippen molar-refractivity contribution in [1.29, 1.82) is 0 Å². The summed E-state index contributed by atoms with van der Waals surface area (Å²) in [5.41, 5.74) is 13.2. The van der Waals surface area contributed by atoms with Gasteiger partial charge in [-0.3, -0.25) is 0 Å². The predicted molar refractivity (Wildman–Crippen MR) is 107 cm³/mol. The van der Waals surface area contributed by atoms with Crippen LogP contribution in [0.4, 0.5) is 0 Å². The maximum Gasteiger partial charge on any atom is -0.00603 e. The van der Waals surface area contributed by atoms with Gasteiger partial charge in [0.2, 0.25) is 0 Å². The summed E-state index contributed by atoms with van der Waals surface area (Å²) in [6, 6.07) is 22.2. The molecule has 0 unspecified atom stereocenters. The molecule has 2 aliphatic rings. The van der Waals surface area contributed by atoms with Gasteiger partial charge in [0.1, 0.15) is 0 Å². The third-order valence-electron chi connectivity index (χ3n) is 5.67. The van der Waals surface area contributed by atoms with Crippen LogP contribution in [-0.4, -0.2) is 0 Å². The Labute approximate surface area is 149 Å². The van der Waals surface area contributed by atoms with Crippen LogP contribution in [0.1, 0.15) is 35.6 Å². The van der Waals surface area contributed by atoms with Crippen LogP contribution in [0, 0.1) is 0 Å². The van der Waals surface area contributed by atoms with E-state index < -0.39 is 0 Å². The number of aryl methyl sites for hydroxylation is 1. The van der Waals surface area contributed by atoms with Crippen molar-refractivity contribution in [1.82, 2.24) is 0 Å². The van der Waals surface area contributed by atoms with Gasteiger partial charge in [-0.2, -0.15) is 0 Å². The Hall–Kier alpha value is -2.60. The lowest BCUT2D eigenvalue weighted by Gasteiger charge is -2.18. The Kier molecular flexibility index (Phi) is 3.38. The summed E-state index contributed by atoms with van der Waals surface area (Å²) in [6.07, 6.45) is 7.28. The first-order chi connectivity index (χ1) is 12.3. The van der Waals surface area contributed by atoms with E-state index in [1.54, 1.807) is 11.1 Å². The van der Waals surface area contributed by atoms with Crippen molar-refractivity contribution >= 4 is 6.08 Å². The van der Waals surface area contributed by atoms with Crippen LogP contribution in [0.2, 0.25) is 0 Å². The van der Waals surface area contributed by atoms with Crippen LogP contribution in [0.3, 0.4) is 0 Å². The average molecular weight is 322 g/mol. The van der Waals surface area contributed by atoms with E-state index in [-0.39, 0.29) is 0 Å². The summed E-state index contributed by atoms with van der Waals surface area (Å²) in [7, 11) is 0. The van der Waals surface area contributed by atoms with Gasteiger partial charge < -0.3 is 0 Å². The van der Waals surface area contributed by atoms with Crippen molar-refractivity contribution in [2.75, 3.05) is 0 Å². The number of rotatable bonds is 2. The van der Waals surface area contributed by atoms with Gasteiger partial charge >= 0.3 is 0 Å². The number of hydrogen-bond donors (Lipinski definition) is 0. The molecule has 3 aromatic rings. The fourth-order valence-electron chi connectivity index (χ4n) is 4.61. The second kappa shape index (κ2) is 5.74. The zero-order valence-electron chi connectivity index (χ0n) is 14.7. The molecule has 0 heterocycles. The third kappa shape index (κ3) is 2.36. The monoisotopic (exact) mass is 322 g/mol. The van der Waals surface area contributed by atoms with Crippen LogP contribution in [0.25, 0.3) is 28.3 Å². The molecule has 0 aromatic heterocycles. The first-order valence-corrected chi connectivity index (χ1v) is 9.31. The highest BCUT2D eigenvalue weighted by molar-refractivity contribution is 5.92. The molecule has 122 valence electrons. The second-order valence-corrected chi connectivity index (χ2v) is 7.39. The molecule has 0 saturated heterocycles. The van der Waals surface area contributed by atoms with Crippen LogP contribution in [0.5, 0.6) is 0 Å². The minimum atomic E-state index is 1.11. The standard InChI is InChI=1S/C25H22/c1-17-14-20-16-19-10-7-13-22(19)25(24(20)15-17)23-12-6-5-11-21(23)18-8-3-2-4-9-18/h2-6,8-9,11-12,15-16H,7,10,13-14H2,1H3. The van der Waals surface area contributed by atoms with Gasteiger partial charge in [-0.25, -0.2) is 0 Å². The van der Waals surface area contributed by atoms with Gasteiger partial charge in [0.15, 0.2) is 0 Å². The zero-order chi connectivity index (χ0) is 16.8. The highest BCUT2D eigenvalue weighted by Gasteiger charge is 2.25. The number of fused-ring (bicyclic) bond motifs is 2. The molecule has 3 aromatic carbocycles. The summed E-state index contributed by atoms with van der Waals surface area (Å²) in [4.78, 5) is 0. The van der Waals surface area contributed by atoms with Crippen molar-refractivity contribution in [2.45, 2.75) is 32.6 Å². The molecule has 0 N–H and O–H groups in total. The van der Waals surface area contributed by atoms with E-state index in [0.717, 1.165) is 6.42 Å². The maximum atomic E-state index is 2.49. The molecule has 5 rings (SSSR count). The molecular formula is C25H22. The van der Waals surface area contributed by atoms with Crippen LogP contribution >= 0.6 is 0 Å². The van der Waals surface area contributed by atoms with Gasteiger partial charge in [0.25, 0.3) is 0 Å². The van der Waals surface area contributed by atoms with Crippen molar-refractivity contribution in [2.24, 2.45) is 0 Å². The van der Waals surface area contributed by atoms with E-state index in [2.05, 4.69) is 73.7 Å². The summed E-state index contributed by atoms with van der Waals surface area (Å²) in [5.74, 6) is 0. The summed E-state index contributed by atoms with van der Waals surface area (Å²) in [6.45, 7) is 2.26. The summed E-state index contributed by atoms with van der Waals surface area (Å²) >= 11 is 0. The van der Waals surface area contributed by atoms with Gasteiger partial charge in [-0.05, 0) is 77.1 Å². The Morgan fingerprint density at radius 1 is 0.760 bits per heavy atom. The average Bonchev–Trinajstić information content (AvgIpc) is 3.25. The van der Waals surface area contributed by atoms with E-state index in [1.165, 1.54) is 58.2 Å². The Morgan fingerprint density at radius 2 is 1.52 bits per heavy atom. The van der Waals surface area contributed by atoms with E-state index in [4.69, 9.17) is 0 Å². The molecule has 0 fully saturated rings. The molecule has 0 heteroatoms. The minimum Gasteiger partial charge on any atom is -0.0683 e. The van der Waals surface area contributed by atoms with Gasteiger partial charge in [0.05, 0.1) is 0 Å². The molecule has 0 spiro atoms. The fourth-order valence-corrected chi connectivity index (χ4v) is 4.61. The van der Waals surface area contributed by atoms with Crippen LogP contribution in [-0.2, 0) is 19.3 Å². The third-order valence-corrected chi connectivity index (χ3v) is 5.67. The smallest absolute Gasteiger partial charge is 0.00603 e. The molecule has 25 heavy (non-hydrogen) atoms. The molecule has 0 radical (unpaired) electrons. The van der Waals surface area contributed by atoms with E-state index in [0.29, 0.717) is 0 Å². The summed E-state index contributed by atoms with van der Waals surface area (Å²) in [5, 5.41) is 0. The van der Waals surface area contributed by atoms with E-state index >= 15 is 0 Å². The largest absolute Gasteiger partial charge is 0.0683 e. The maximum absolute atomic E-state index is 2.49. The lowest BCUT2D eigenvalue weighted by Crippen LogP contribution is -1.97. The first kappa shape index (κ1) is 14.7. The highest BCUT2D eigenvalue weighted by atomic mass is 14.3. The Morgan fingerprint density at radius 3 is 2.36 bits per heavy atom. The molecule has 0 amide bonds. The van der Waals surface area contributed by atoms with Gasteiger partial charge in [-0.15, -0.1) is 0 Å². The lowest BCUT2D eigenvalue weighted by atomic mass is 9.86. The topological polar surface area (TPSA) is 0 Å². The lowest BCUT2D eigenvalue weighted by molar-refractivity contribution is 0.912. The highest BCUT2D eigenvalue weighted by Crippen LogP contribution is 2.44. The molecule has 0 atom stereocenters. The Balaban J connectivity index is 1.82. The molecule has 0 aliphatic heterocycles. The van der Waals surface area contributed by atoms with Crippen LogP contribution in [0.15, 0.2) is 66.2 Å². The fraction of sp³-hybridized carbons (Fsp3) is 0.200. The quantitative estimate of drug-likeness (QED) is 0.507. The SMILES string of the molecule is CC1=Cc2c(cc3c(c2-c2ccccc2-c2ccccc2)CCC3)C1. The molecular weight excluding hydrogens is 300 g/mol. The van der Waals surface area contributed by atoms with Crippen molar-refractivity contribution in [3.05, 3.63) is 88.5 Å². The molecule has 0 saturated carbocycles. The second-order valence-electron chi connectivity index (χ2n) is 7.39. The normalized spacial score (nSPS) is 15.0. The van der Waals surface area contributed by atoms with Gasteiger partial charge in [0, 0.05) is 0 Å². The first-order valence-electron chi connectivity index (χ1n) is 9.31. The van der Waals surface area contributed by atoms with E-state index in [9.17, 15) is 0 Å².